The summed E-state index contributed by atoms with van der Waals surface area (Å²) in [6.07, 6.45) is 3.44. The van der Waals surface area contributed by atoms with Gasteiger partial charge in [-0.25, -0.2) is 0 Å². The molecule has 26 heavy (non-hydrogen) atoms. The maximum absolute atomic E-state index is 13.2. The molecule has 0 aromatic heterocycles. The number of thioether (sulfide) groups is 1. The minimum Gasteiger partial charge on any atom is -0.395 e. The van der Waals surface area contributed by atoms with Crippen LogP contribution in [0.3, 0.4) is 0 Å². The number of rotatable bonds is 7. The third-order valence-corrected chi connectivity index (χ3v) is 8.00. The van der Waals surface area contributed by atoms with Gasteiger partial charge in [0.15, 0.2) is 0 Å². The Morgan fingerprint density at radius 3 is 2.77 bits per heavy atom. The van der Waals surface area contributed by atoms with E-state index in [1.54, 1.807) is 18.8 Å². The van der Waals surface area contributed by atoms with Crippen molar-refractivity contribution < 1.29 is 19.5 Å². The summed E-state index contributed by atoms with van der Waals surface area (Å²) in [7, 11) is 1.59. The molecular formula is C18H29N3O4S. The Hall–Kier alpha value is -1.28. The van der Waals surface area contributed by atoms with Crippen LogP contribution >= 0.6 is 11.8 Å². The Labute approximate surface area is 158 Å². The first-order valence-electron chi connectivity index (χ1n) is 9.52. The Bertz CT molecular complexity index is 601. The second-order valence-electron chi connectivity index (χ2n) is 7.62. The van der Waals surface area contributed by atoms with E-state index in [-0.39, 0.29) is 42.2 Å². The molecule has 2 bridgehead atoms. The lowest BCUT2D eigenvalue weighted by molar-refractivity contribution is -0.140. The molecule has 0 aromatic rings. The highest BCUT2D eigenvalue weighted by Crippen LogP contribution is 2.66. The zero-order valence-electron chi connectivity index (χ0n) is 15.7. The quantitative estimate of drug-likeness (QED) is 0.580. The molecule has 3 aliphatic heterocycles. The average Bonchev–Trinajstić information content (AvgIpc) is 3.23. The number of β-amino-alcohol motifs (C(OH)–C–C–N with tert-alkyl or cyclic N) is 1. The number of carbonyl (C=O) groups excluding carboxylic acids is 3. The van der Waals surface area contributed by atoms with Crippen LogP contribution in [0.2, 0.25) is 0 Å². The van der Waals surface area contributed by atoms with E-state index in [2.05, 4.69) is 17.6 Å². The lowest BCUT2D eigenvalue weighted by Gasteiger charge is -2.34. The fraction of sp³-hybridized carbons (Fsp3) is 0.833. The third kappa shape index (κ3) is 2.81. The molecule has 7 nitrogen and oxygen atoms in total. The Balaban J connectivity index is 1.93. The lowest BCUT2D eigenvalue weighted by atomic mass is 9.70. The van der Waals surface area contributed by atoms with Gasteiger partial charge in [0.05, 0.1) is 23.2 Å². The number of nitrogens with one attached hydrogen (secondary N) is 2. The Morgan fingerprint density at radius 1 is 1.42 bits per heavy atom. The summed E-state index contributed by atoms with van der Waals surface area (Å²) in [6, 6.07) is -0.580. The van der Waals surface area contributed by atoms with Crippen molar-refractivity contribution in [3.05, 3.63) is 0 Å². The van der Waals surface area contributed by atoms with Gasteiger partial charge in [-0.15, -0.1) is 11.8 Å². The van der Waals surface area contributed by atoms with Gasteiger partial charge in [-0.1, -0.05) is 13.3 Å². The minimum atomic E-state index is -0.615. The number of amides is 3. The number of aliphatic hydroxyl groups excluding tert-OH is 1. The molecule has 0 aliphatic carbocycles. The molecule has 1 spiro atoms. The second-order valence-corrected chi connectivity index (χ2v) is 9.23. The van der Waals surface area contributed by atoms with E-state index < -0.39 is 22.6 Å². The molecule has 3 unspecified atom stereocenters. The Morgan fingerprint density at radius 2 is 2.15 bits per heavy atom. The van der Waals surface area contributed by atoms with Crippen LogP contribution in [0.15, 0.2) is 0 Å². The molecule has 0 saturated carbocycles. The van der Waals surface area contributed by atoms with E-state index in [4.69, 9.17) is 0 Å². The summed E-state index contributed by atoms with van der Waals surface area (Å²) in [4.78, 5) is 40.3. The van der Waals surface area contributed by atoms with Gasteiger partial charge in [-0.2, -0.15) is 0 Å². The maximum Gasteiger partial charge on any atom is 0.244 e. The van der Waals surface area contributed by atoms with E-state index in [1.165, 1.54) is 4.90 Å². The van der Waals surface area contributed by atoms with Crippen molar-refractivity contribution in [2.45, 2.75) is 61.6 Å². The number of hydrogen-bond acceptors (Lipinski definition) is 5. The molecule has 8 heteroatoms. The first-order valence-corrected chi connectivity index (χ1v) is 10.4. The van der Waals surface area contributed by atoms with Gasteiger partial charge in [-0.05, 0) is 26.2 Å². The van der Waals surface area contributed by atoms with E-state index in [1.807, 2.05) is 6.92 Å². The number of nitrogens with zero attached hydrogens (tertiary/aromatic N) is 1. The Kier molecular flexibility index (Phi) is 5.53. The number of aliphatic hydroxyl groups is 1. The molecule has 3 aliphatic rings. The predicted octanol–water partition coefficient (Wildman–Crippen LogP) is 0.121. The molecule has 0 radical (unpaired) electrons. The van der Waals surface area contributed by atoms with Crippen molar-refractivity contribution in [2.24, 2.45) is 11.8 Å². The molecule has 3 amide bonds. The van der Waals surface area contributed by atoms with Gasteiger partial charge in [0, 0.05) is 24.9 Å². The molecule has 3 N–H and O–H groups in total. The number of carbonyl (C=O) groups is 3. The fourth-order valence-electron chi connectivity index (χ4n) is 5.10. The summed E-state index contributed by atoms with van der Waals surface area (Å²) in [5, 5.41) is 15.3. The molecule has 3 heterocycles. The van der Waals surface area contributed by atoms with Crippen molar-refractivity contribution in [1.29, 1.82) is 0 Å². The highest BCUT2D eigenvalue weighted by atomic mass is 32.2. The van der Waals surface area contributed by atoms with Gasteiger partial charge in [0.25, 0.3) is 0 Å². The van der Waals surface area contributed by atoms with Crippen molar-refractivity contribution in [2.75, 3.05) is 20.2 Å². The number of likely N-dealkylation sites (tertiary alicyclic amines) is 1. The summed E-state index contributed by atoms with van der Waals surface area (Å²) in [5.41, 5.74) is 0. The van der Waals surface area contributed by atoms with Crippen molar-refractivity contribution in [3.63, 3.8) is 0 Å². The van der Waals surface area contributed by atoms with Crippen LogP contribution in [0, 0.1) is 11.8 Å². The van der Waals surface area contributed by atoms with Crippen LogP contribution in [0.4, 0.5) is 0 Å². The predicted molar refractivity (Wildman–Crippen MR) is 99.5 cm³/mol. The summed E-state index contributed by atoms with van der Waals surface area (Å²) in [5.74, 6) is -1.30. The summed E-state index contributed by atoms with van der Waals surface area (Å²) in [6.45, 7) is 3.97. The van der Waals surface area contributed by atoms with E-state index >= 15 is 0 Å². The highest BCUT2D eigenvalue weighted by Gasteiger charge is 2.73. The molecule has 6 atom stereocenters. The smallest absolute Gasteiger partial charge is 0.244 e. The normalized spacial score (nSPS) is 36.2. The fourth-order valence-corrected chi connectivity index (χ4v) is 7.32. The monoisotopic (exact) mass is 383 g/mol. The standard InChI is InChI=1S/C18H29N3O4S/c1-4-5-10(2)20-16(24)14-18-7-6-11(26-18)12(15(23)19-3)13(18)17(25)21(14)8-9-22/h10-14,22H,4-9H2,1-3H3,(H,19,23)(H,20,24)/t10?,11-,12+,13+,14?,18?/m1/s1. The minimum absolute atomic E-state index is 0.0346. The second kappa shape index (κ2) is 7.38. The molecule has 3 fully saturated rings. The van der Waals surface area contributed by atoms with Crippen LogP contribution < -0.4 is 10.6 Å². The molecule has 3 rings (SSSR count). The van der Waals surface area contributed by atoms with Gasteiger partial charge in [-0.3, -0.25) is 14.4 Å². The summed E-state index contributed by atoms with van der Waals surface area (Å²) < 4.78 is -0.551. The SMILES string of the molecule is CCCC(C)NC(=O)C1N(CCO)C(=O)[C@@H]2[C@@H](C(=O)NC)[C@H]3CCC12S3. The van der Waals surface area contributed by atoms with E-state index in [0.717, 1.165) is 25.7 Å². The van der Waals surface area contributed by atoms with E-state index in [0.29, 0.717) is 0 Å². The number of fused-ring (bicyclic) bond motifs is 1. The average molecular weight is 384 g/mol. The first kappa shape index (κ1) is 19.5. The first-order chi connectivity index (χ1) is 12.4. The topological polar surface area (TPSA) is 98.7 Å². The van der Waals surface area contributed by atoms with Crippen LogP contribution in [0.1, 0.15) is 39.5 Å². The van der Waals surface area contributed by atoms with Crippen LogP contribution in [-0.4, -0.2) is 70.0 Å². The third-order valence-electron chi connectivity index (χ3n) is 6.05. The summed E-state index contributed by atoms with van der Waals surface area (Å²) >= 11 is 1.65. The molecule has 0 aromatic carbocycles. The van der Waals surface area contributed by atoms with Crippen molar-refractivity contribution in [1.82, 2.24) is 15.5 Å². The molecule has 3 saturated heterocycles. The van der Waals surface area contributed by atoms with Crippen molar-refractivity contribution >= 4 is 29.5 Å². The van der Waals surface area contributed by atoms with Gasteiger partial charge >= 0.3 is 0 Å². The van der Waals surface area contributed by atoms with Crippen LogP contribution in [-0.2, 0) is 14.4 Å². The highest BCUT2D eigenvalue weighted by molar-refractivity contribution is 8.02. The van der Waals surface area contributed by atoms with Gasteiger partial charge in [0.1, 0.15) is 6.04 Å². The maximum atomic E-state index is 13.2. The molecule has 146 valence electrons. The number of hydrogen-bond donors (Lipinski definition) is 3. The van der Waals surface area contributed by atoms with Gasteiger partial charge < -0.3 is 20.6 Å². The molecular weight excluding hydrogens is 354 g/mol. The van der Waals surface area contributed by atoms with Crippen LogP contribution in [0.25, 0.3) is 0 Å². The largest absolute Gasteiger partial charge is 0.395 e. The zero-order chi connectivity index (χ0) is 19.1. The van der Waals surface area contributed by atoms with Gasteiger partial charge in [0.2, 0.25) is 17.7 Å². The van der Waals surface area contributed by atoms with E-state index in [9.17, 15) is 19.5 Å². The zero-order valence-corrected chi connectivity index (χ0v) is 16.5. The van der Waals surface area contributed by atoms with Crippen molar-refractivity contribution in [3.8, 4) is 0 Å². The lowest BCUT2D eigenvalue weighted by Crippen LogP contribution is -2.55. The van der Waals surface area contributed by atoms with Crippen LogP contribution in [0.5, 0.6) is 0 Å².